The molecule has 1 aliphatic heterocycles. The number of allylic oxidation sites excluding steroid dienone is 1. The summed E-state index contributed by atoms with van der Waals surface area (Å²) in [5.41, 5.74) is 0.589. The van der Waals surface area contributed by atoms with E-state index in [1.807, 2.05) is 32.9 Å². The van der Waals surface area contributed by atoms with Gasteiger partial charge < -0.3 is 14.4 Å². The molecule has 0 aromatic carbocycles. The third-order valence-corrected chi connectivity index (χ3v) is 3.36. The number of carbonyl (C=O) groups is 1. The van der Waals surface area contributed by atoms with Crippen molar-refractivity contribution in [3.05, 3.63) is 36.7 Å². The van der Waals surface area contributed by atoms with Crippen LogP contribution in [0, 0.1) is 0 Å². The lowest BCUT2D eigenvalue weighted by atomic mass is 10.1. The predicted octanol–water partition coefficient (Wildman–Crippen LogP) is 3.20. The minimum atomic E-state index is -0.471. The summed E-state index contributed by atoms with van der Waals surface area (Å²) in [7, 11) is 0. The van der Waals surface area contributed by atoms with Crippen molar-refractivity contribution in [1.29, 1.82) is 0 Å². The summed E-state index contributed by atoms with van der Waals surface area (Å²) in [6, 6.07) is 2.02. The highest BCUT2D eigenvalue weighted by molar-refractivity contribution is 5.69. The molecule has 1 aromatic rings. The van der Waals surface area contributed by atoms with E-state index in [4.69, 9.17) is 9.47 Å². The number of amides is 1. The largest absolute Gasteiger partial charge is 0.490 e. The molecule has 0 bridgehead atoms. The lowest BCUT2D eigenvalue weighted by Gasteiger charge is -2.40. The smallest absolute Gasteiger partial charge is 0.410 e. The first-order valence-electron chi connectivity index (χ1n) is 7.56. The molecule has 0 N–H and O–H groups in total. The van der Waals surface area contributed by atoms with Gasteiger partial charge in [0.05, 0.1) is 12.2 Å². The number of pyridine rings is 1. The Balaban J connectivity index is 1.85. The Morgan fingerprint density at radius 1 is 1.50 bits per heavy atom. The SMILES string of the molecule is C=CCc1cncc(OCC2CCN2C(=O)OC(C)(C)C)c1. The van der Waals surface area contributed by atoms with Gasteiger partial charge in [-0.25, -0.2) is 4.79 Å². The van der Waals surface area contributed by atoms with Gasteiger partial charge in [0, 0.05) is 12.7 Å². The number of nitrogens with zero attached hydrogens (tertiary/aromatic N) is 2. The summed E-state index contributed by atoms with van der Waals surface area (Å²) in [5, 5.41) is 0. The van der Waals surface area contributed by atoms with Crippen molar-refractivity contribution in [2.75, 3.05) is 13.2 Å². The van der Waals surface area contributed by atoms with Gasteiger partial charge in [0.1, 0.15) is 18.0 Å². The topological polar surface area (TPSA) is 51.7 Å². The lowest BCUT2D eigenvalue weighted by Crippen LogP contribution is -2.55. The van der Waals surface area contributed by atoms with Crippen LogP contribution in [0.3, 0.4) is 0 Å². The highest BCUT2D eigenvalue weighted by atomic mass is 16.6. The molecule has 0 spiro atoms. The van der Waals surface area contributed by atoms with Gasteiger partial charge in [-0.15, -0.1) is 6.58 Å². The number of likely N-dealkylation sites (tertiary alicyclic amines) is 1. The molecule has 1 unspecified atom stereocenters. The standard InChI is InChI=1S/C17H24N2O3/c1-5-6-13-9-15(11-18-10-13)21-12-14-7-8-19(14)16(20)22-17(2,3)4/h5,9-11,14H,1,6-8,12H2,2-4H3. The van der Waals surface area contributed by atoms with Crippen molar-refractivity contribution in [2.45, 2.75) is 45.3 Å². The van der Waals surface area contributed by atoms with Gasteiger partial charge >= 0.3 is 6.09 Å². The molecule has 2 rings (SSSR count). The Kier molecular flexibility index (Phi) is 5.06. The average Bonchev–Trinajstić information content (AvgIpc) is 2.36. The van der Waals surface area contributed by atoms with Crippen LogP contribution < -0.4 is 4.74 Å². The van der Waals surface area contributed by atoms with Crippen LogP contribution in [-0.4, -0.2) is 40.8 Å². The molecule has 22 heavy (non-hydrogen) atoms. The first-order chi connectivity index (χ1) is 10.4. The summed E-state index contributed by atoms with van der Waals surface area (Å²) >= 11 is 0. The number of carbonyl (C=O) groups excluding carboxylic acids is 1. The van der Waals surface area contributed by atoms with E-state index < -0.39 is 5.60 Å². The molecule has 1 aromatic heterocycles. The highest BCUT2D eigenvalue weighted by Crippen LogP contribution is 2.22. The summed E-state index contributed by atoms with van der Waals surface area (Å²) in [6.45, 7) is 10.5. The molecule has 5 nitrogen and oxygen atoms in total. The van der Waals surface area contributed by atoms with Crippen LogP contribution in [0.1, 0.15) is 32.8 Å². The van der Waals surface area contributed by atoms with Crippen molar-refractivity contribution < 1.29 is 14.3 Å². The van der Waals surface area contributed by atoms with Crippen LogP contribution in [-0.2, 0) is 11.2 Å². The predicted molar refractivity (Wildman–Crippen MR) is 85.0 cm³/mol. The third-order valence-electron chi connectivity index (χ3n) is 3.36. The van der Waals surface area contributed by atoms with Gasteiger partial charge in [0.2, 0.25) is 0 Å². The Labute approximate surface area is 131 Å². The molecular formula is C17H24N2O3. The van der Waals surface area contributed by atoms with Crippen LogP contribution in [0.2, 0.25) is 0 Å². The lowest BCUT2D eigenvalue weighted by molar-refractivity contribution is -0.0141. The molecule has 0 saturated carbocycles. The second kappa shape index (κ2) is 6.81. The maximum Gasteiger partial charge on any atom is 0.410 e. The fourth-order valence-electron chi connectivity index (χ4n) is 2.19. The van der Waals surface area contributed by atoms with Crippen LogP contribution in [0.25, 0.3) is 0 Å². The van der Waals surface area contributed by atoms with E-state index in [9.17, 15) is 4.79 Å². The van der Waals surface area contributed by atoms with Gasteiger partial charge in [0.25, 0.3) is 0 Å². The van der Waals surface area contributed by atoms with E-state index in [0.29, 0.717) is 6.61 Å². The van der Waals surface area contributed by atoms with Gasteiger partial charge in [-0.3, -0.25) is 4.98 Å². The van der Waals surface area contributed by atoms with E-state index in [1.54, 1.807) is 17.3 Å². The van der Waals surface area contributed by atoms with Crippen LogP contribution in [0.4, 0.5) is 4.79 Å². The van der Waals surface area contributed by atoms with Crippen LogP contribution in [0.15, 0.2) is 31.1 Å². The Morgan fingerprint density at radius 3 is 2.86 bits per heavy atom. The minimum Gasteiger partial charge on any atom is -0.490 e. The molecule has 0 radical (unpaired) electrons. The maximum atomic E-state index is 12.0. The van der Waals surface area contributed by atoms with Crippen LogP contribution in [0.5, 0.6) is 5.75 Å². The van der Waals surface area contributed by atoms with E-state index in [-0.39, 0.29) is 12.1 Å². The number of hydrogen-bond acceptors (Lipinski definition) is 4. The Morgan fingerprint density at radius 2 is 2.27 bits per heavy atom. The summed E-state index contributed by atoms with van der Waals surface area (Å²) in [4.78, 5) is 17.9. The minimum absolute atomic E-state index is 0.0675. The monoisotopic (exact) mass is 304 g/mol. The molecule has 2 heterocycles. The van der Waals surface area contributed by atoms with Gasteiger partial charge in [0.15, 0.2) is 0 Å². The van der Waals surface area contributed by atoms with Gasteiger partial charge in [-0.05, 0) is 45.2 Å². The second-order valence-electron chi connectivity index (χ2n) is 6.45. The zero-order valence-corrected chi connectivity index (χ0v) is 13.5. The normalized spacial score (nSPS) is 17.6. The first kappa shape index (κ1) is 16.3. The molecule has 1 aliphatic rings. The number of ether oxygens (including phenoxy) is 2. The van der Waals surface area contributed by atoms with Crippen molar-refractivity contribution in [3.63, 3.8) is 0 Å². The zero-order chi connectivity index (χ0) is 16.2. The number of rotatable bonds is 5. The van der Waals surface area contributed by atoms with Crippen molar-refractivity contribution in [3.8, 4) is 5.75 Å². The third kappa shape index (κ3) is 4.48. The number of hydrogen-bond donors (Lipinski definition) is 0. The van der Waals surface area contributed by atoms with Crippen molar-refractivity contribution >= 4 is 6.09 Å². The van der Waals surface area contributed by atoms with Gasteiger partial charge in [-0.2, -0.15) is 0 Å². The van der Waals surface area contributed by atoms with E-state index in [0.717, 1.165) is 30.7 Å². The molecule has 0 aliphatic carbocycles. The quantitative estimate of drug-likeness (QED) is 0.784. The van der Waals surface area contributed by atoms with E-state index in [2.05, 4.69) is 11.6 Å². The van der Waals surface area contributed by atoms with E-state index in [1.165, 1.54) is 0 Å². The molecule has 5 heteroatoms. The Hall–Kier alpha value is -2.04. The molecule has 1 fully saturated rings. The summed E-state index contributed by atoms with van der Waals surface area (Å²) in [5.74, 6) is 0.718. The maximum absolute atomic E-state index is 12.0. The molecule has 1 atom stereocenters. The Bertz CT molecular complexity index is 537. The second-order valence-corrected chi connectivity index (χ2v) is 6.45. The van der Waals surface area contributed by atoms with E-state index >= 15 is 0 Å². The van der Waals surface area contributed by atoms with Crippen LogP contribution >= 0.6 is 0 Å². The molecule has 1 amide bonds. The highest BCUT2D eigenvalue weighted by Gasteiger charge is 2.35. The summed E-state index contributed by atoms with van der Waals surface area (Å²) < 4.78 is 11.1. The zero-order valence-electron chi connectivity index (χ0n) is 13.5. The molecule has 120 valence electrons. The first-order valence-corrected chi connectivity index (χ1v) is 7.56. The fourth-order valence-corrected chi connectivity index (χ4v) is 2.19. The van der Waals surface area contributed by atoms with Crippen molar-refractivity contribution in [2.24, 2.45) is 0 Å². The molecular weight excluding hydrogens is 280 g/mol. The fraction of sp³-hybridized carbons (Fsp3) is 0.529. The molecule has 1 saturated heterocycles. The average molecular weight is 304 g/mol. The van der Waals surface area contributed by atoms with Crippen molar-refractivity contribution in [1.82, 2.24) is 9.88 Å². The summed E-state index contributed by atoms with van der Waals surface area (Å²) in [6.07, 6.45) is 6.73. The number of aromatic nitrogens is 1. The van der Waals surface area contributed by atoms with Gasteiger partial charge in [-0.1, -0.05) is 6.08 Å².